The number of ether oxygens (including phenoxy) is 1. The molecule has 0 fully saturated rings. The zero-order chi connectivity index (χ0) is 14.4. The Bertz CT molecular complexity index is 562. The zero-order valence-corrected chi connectivity index (χ0v) is 12.0. The first-order valence-corrected chi connectivity index (χ1v) is 6.84. The molecule has 0 bridgehead atoms. The van der Waals surface area contributed by atoms with E-state index in [-0.39, 0.29) is 18.5 Å². The summed E-state index contributed by atoms with van der Waals surface area (Å²) in [5, 5.41) is 3.72. The van der Waals surface area contributed by atoms with E-state index in [4.69, 9.17) is 16.3 Å². The molecule has 0 saturated heterocycles. The second-order valence-corrected chi connectivity index (χ2v) is 4.88. The number of likely N-dealkylation sites (N-methyl/N-ethyl adjacent to an activating group) is 1. The summed E-state index contributed by atoms with van der Waals surface area (Å²) in [6.07, 6.45) is -0.215. The van der Waals surface area contributed by atoms with Crippen molar-refractivity contribution < 1.29 is 9.13 Å². The minimum Gasteiger partial charge on any atom is -0.367 e. The van der Waals surface area contributed by atoms with Gasteiger partial charge in [0.25, 0.3) is 0 Å². The molecule has 2 aromatic rings. The highest BCUT2D eigenvalue weighted by Crippen LogP contribution is 2.26. The summed E-state index contributed by atoms with van der Waals surface area (Å²) in [5.74, 6) is -0.255. The average molecular weight is 294 g/mol. The van der Waals surface area contributed by atoms with Crippen LogP contribution in [0.25, 0.3) is 0 Å². The molecule has 20 heavy (non-hydrogen) atoms. The molecule has 0 radical (unpaired) electrons. The Labute approximate surface area is 123 Å². The van der Waals surface area contributed by atoms with Gasteiger partial charge in [0.05, 0.1) is 12.7 Å². The first-order valence-electron chi connectivity index (χ1n) is 6.46. The fourth-order valence-corrected chi connectivity index (χ4v) is 2.24. The average Bonchev–Trinajstić information content (AvgIpc) is 2.46. The van der Waals surface area contributed by atoms with Crippen molar-refractivity contribution >= 4 is 11.6 Å². The van der Waals surface area contributed by atoms with Crippen molar-refractivity contribution in [1.29, 1.82) is 0 Å². The van der Waals surface area contributed by atoms with Crippen LogP contribution in [0.4, 0.5) is 4.39 Å². The molecule has 0 heterocycles. The molecular weight excluding hydrogens is 277 g/mol. The largest absolute Gasteiger partial charge is 0.367 e. The number of benzene rings is 2. The summed E-state index contributed by atoms with van der Waals surface area (Å²) < 4.78 is 19.4. The highest BCUT2D eigenvalue weighted by Gasteiger charge is 2.15. The topological polar surface area (TPSA) is 21.3 Å². The highest BCUT2D eigenvalue weighted by molar-refractivity contribution is 6.31. The van der Waals surface area contributed by atoms with E-state index < -0.39 is 0 Å². The van der Waals surface area contributed by atoms with Crippen molar-refractivity contribution in [3.8, 4) is 0 Å². The molecule has 1 unspecified atom stereocenters. The molecule has 0 aliphatic rings. The van der Waals surface area contributed by atoms with Gasteiger partial charge in [0, 0.05) is 22.7 Å². The Kier molecular flexibility index (Phi) is 5.53. The highest BCUT2D eigenvalue weighted by atomic mass is 35.5. The molecule has 2 nitrogen and oxygen atoms in total. The van der Waals surface area contributed by atoms with E-state index in [1.165, 1.54) is 6.07 Å². The van der Waals surface area contributed by atoms with Crippen molar-refractivity contribution in [3.05, 3.63) is 70.5 Å². The van der Waals surface area contributed by atoms with E-state index in [0.717, 1.165) is 5.56 Å². The SMILES string of the molecule is CNCC(OCc1ccccc1F)c1ccccc1Cl. The van der Waals surface area contributed by atoms with Gasteiger partial charge in [-0.15, -0.1) is 0 Å². The van der Waals surface area contributed by atoms with E-state index in [1.807, 2.05) is 31.3 Å². The van der Waals surface area contributed by atoms with Gasteiger partial charge in [0.15, 0.2) is 0 Å². The van der Waals surface area contributed by atoms with Crippen LogP contribution < -0.4 is 5.32 Å². The van der Waals surface area contributed by atoms with Gasteiger partial charge >= 0.3 is 0 Å². The van der Waals surface area contributed by atoms with Crippen LogP contribution in [0.1, 0.15) is 17.2 Å². The Hall–Kier alpha value is -1.42. The van der Waals surface area contributed by atoms with Crippen LogP contribution in [0.15, 0.2) is 48.5 Å². The molecule has 0 aromatic heterocycles. The van der Waals surface area contributed by atoms with Gasteiger partial charge in [0.1, 0.15) is 5.82 Å². The molecule has 0 saturated carbocycles. The van der Waals surface area contributed by atoms with Gasteiger partial charge in [-0.1, -0.05) is 48.0 Å². The summed E-state index contributed by atoms with van der Waals surface area (Å²) in [7, 11) is 1.84. The second-order valence-electron chi connectivity index (χ2n) is 4.47. The monoisotopic (exact) mass is 293 g/mol. The summed E-state index contributed by atoms with van der Waals surface area (Å²) in [6, 6.07) is 14.1. The Morgan fingerprint density at radius 2 is 1.85 bits per heavy atom. The molecule has 0 aliphatic heterocycles. The molecule has 1 atom stereocenters. The smallest absolute Gasteiger partial charge is 0.128 e. The van der Waals surface area contributed by atoms with Gasteiger partial charge in [-0.25, -0.2) is 4.39 Å². The van der Waals surface area contributed by atoms with E-state index in [1.54, 1.807) is 18.2 Å². The quantitative estimate of drug-likeness (QED) is 0.870. The molecule has 2 aromatic carbocycles. The van der Waals surface area contributed by atoms with Crippen molar-refractivity contribution in [2.24, 2.45) is 0 Å². The van der Waals surface area contributed by atoms with E-state index in [0.29, 0.717) is 17.1 Å². The van der Waals surface area contributed by atoms with Crippen LogP contribution in [0.2, 0.25) is 5.02 Å². The van der Waals surface area contributed by atoms with E-state index in [9.17, 15) is 4.39 Å². The predicted molar refractivity (Wildman–Crippen MR) is 79.3 cm³/mol. The molecular formula is C16H17ClFNO. The first-order chi connectivity index (χ1) is 9.72. The normalized spacial score (nSPS) is 12.3. The third kappa shape index (κ3) is 3.79. The summed E-state index contributed by atoms with van der Waals surface area (Å²) in [4.78, 5) is 0. The lowest BCUT2D eigenvalue weighted by Crippen LogP contribution is -2.20. The maximum Gasteiger partial charge on any atom is 0.128 e. The molecule has 106 valence electrons. The Morgan fingerprint density at radius 1 is 1.15 bits per heavy atom. The van der Waals surface area contributed by atoms with Crippen LogP contribution in [-0.2, 0) is 11.3 Å². The fraction of sp³-hybridized carbons (Fsp3) is 0.250. The standard InChI is InChI=1S/C16H17ClFNO/c1-19-10-16(13-7-3-4-8-14(13)17)20-11-12-6-2-5-9-15(12)18/h2-9,16,19H,10-11H2,1H3. The van der Waals surface area contributed by atoms with Crippen molar-refractivity contribution in [1.82, 2.24) is 5.32 Å². The minimum atomic E-state index is -0.255. The van der Waals surface area contributed by atoms with Crippen molar-refractivity contribution in [2.45, 2.75) is 12.7 Å². The van der Waals surface area contributed by atoms with Crippen LogP contribution in [0, 0.1) is 5.82 Å². The molecule has 0 amide bonds. The Balaban J connectivity index is 2.11. The van der Waals surface area contributed by atoms with Gasteiger partial charge in [0.2, 0.25) is 0 Å². The minimum absolute atomic E-state index is 0.213. The van der Waals surface area contributed by atoms with Crippen LogP contribution in [0.5, 0.6) is 0 Å². The van der Waals surface area contributed by atoms with Crippen molar-refractivity contribution in [2.75, 3.05) is 13.6 Å². The van der Waals surface area contributed by atoms with Crippen LogP contribution >= 0.6 is 11.6 Å². The molecule has 4 heteroatoms. The number of halogens is 2. The van der Waals surface area contributed by atoms with Crippen molar-refractivity contribution in [3.63, 3.8) is 0 Å². The van der Waals surface area contributed by atoms with E-state index >= 15 is 0 Å². The predicted octanol–water partition coefficient (Wildman–Crippen LogP) is 3.96. The van der Waals surface area contributed by atoms with Gasteiger partial charge < -0.3 is 10.1 Å². The molecule has 2 rings (SSSR count). The fourth-order valence-electron chi connectivity index (χ4n) is 1.99. The third-order valence-corrected chi connectivity index (χ3v) is 3.38. The lowest BCUT2D eigenvalue weighted by atomic mass is 10.1. The zero-order valence-electron chi connectivity index (χ0n) is 11.3. The summed E-state index contributed by atoms with van der Waals surface area (Å²) in [5.41, 5.74) is 1.44. The lowest BCUT2D eigenvalue weighted by molar-refractivity contribution is 0.0396. The first kappa shape index (κ1) is 15.0. The second kappa shape index (κ2) is 7.39. The summed E-state index contributed by atoms with van der Waals surface area (Å²) >= 11 is 6.19. The van der Waals surface area contributed by atoms with Crippen LogP contribution in [-0.4, -0.2) is 13.6 Å². The summed E-state index contributed by atoms with van der Waals surface area (Å²) in [6.45, 7) is 0.822. The van der Waals surface area contributed by atoms with Gasteiger partial charge in [-0.05, 0) is 19.2 Å². The number of hydrogen-bond donors (Lipinski definition) is 1. The molecule has 0 spiro atoms. The van der Waals surface area contributed by atoms with E-state index in [2.05, 4.69) is 5.32 Å². The number of rotatable bonds is 6. The third-order valence-electron chi connectivity index (χ3n) is 3.04. The maximum atomic E-state index is 13.6. The number of nitrogens with one attached hydrogen (secondary N) is 1. The lowest BCUT2D eigenvalue weighted by Gasteiger charge is -2.19. The maximum absolute atomic E-state index is 13.6. The van der Waals surface area contributed by atoms with Crippen LogP contribution in [0.3, 0.4) is 0 Å². The molecule has 1 N–H and O–H groups in total. The van der Waals surface area contributed by atoms with Gasteiger partial charge in [-0.3, -0.25) is 0 Å². The van der Waals surface area contributed by atoms with Gasteiger partial charge in [-0.2, -0.15) is 0 Å². The number of hydrogen-bond acceptors (Lipinski definition) is 2. The Morgan fingerprint density at radius 3 is 2.55 bits per heavy atom. The molecule has 0 aliphatic carbocycles.